The number of carboxylic acid groups (broad SMARTS) is 1. The first-order valence-electron chi connectivity index (χ1n) is 13.6. The van der Waals surface area contributed by atoms with Crippen LogP contribution < -0.4 is 14.8 Å². The molecule has 14 heteroatoms. The number of nitrogens with zero attached hydrogens (tertiary/aromatic N) is 3. The molecule has 2 fully saturated rings. The van der Waals surface area contributed by atoms with E-state index < -0.39 is 21.8 Å². The summed E-state index contributed by atoms with van der Waals surface area (Å²) in [5, 5.41) is 16.6. The van der Waals surface area contributed by atoms with Crippen LogP contribution in [0.4, 0.5) is 10.1 Å². The Morgan fingerprint density at radius 2 is 1.93 bits per heavy atom. The Labute approximate surface area is 242 Å². The van der Waals surface area contributed by atoms with E-state index in [1.54, 1.807) is 0 Å². The molecule has 1 aliphatic heterocycles. The van der Waals surface area contributed by atoms with Crippen LogP contribution in [0, 0.1) is 18.7 Å². The Balaban J connectivity index is 1.49. The number of benzene rings is 2. The number of aromatic carboxylic acids is 1. The van der Waals surface area contributed by atoms with Crippen molar-refractivity contribution in [2.24, 2.45) is 5.92 Å². The van der Waals surface area contributed by atoms with Crippen LogP contribution in [0.1, 0.15) is 35.3 Å². The van der Waals surface area contributed by atoms with Crippen molar-refractivity contribution < 1.29 is 37.0 Å². The van der Waals surface area contributed by atoms with E-state index in [0.717, 1.165) is 30.0 Å². The van der Waals surface area contributed by atoms with Crippen LogP contribution in [0.2, 0.25) is 0 Å². The van der Waals surface area contributed by atoms with Gasteiger partial charge >= 0.3 is 5.97 Å². The topological polar surface area (TPSA) is 152 Å². The smallest absolute Gasteiger partial charge is 0.356 e. The molecule has 2 aliphatic rings. The van der Waals surface area contributed by atoms with Crippen molar-refractivity contribution in [3.63, 3.8) is 0 Å². The maximum Gasteiger partial charge on any atom is 0.356 e. The summed E-state index contributed by atoms with van der Waals surface area (Å²) in [6.07, 6.45) is 2.52. The van der Waals surface area contributed by atoms with Crippen LogP contribution in [0.5, 0.6) is 11.6 Å². The quantitative estimate of drug-likeness (QED) is 0.301. The first-order valence-corrected chi connectivity index (χ1v) is 15.1. The average molecular weight is 602 g/mol. The van der Waals surface area contributed by atoms with Crippen molar-refractivity contribution in [3.05, 3.63) is 59.5 Å². The van der Waals surface area contributed by atoms with E-state index in [2.05, 4.69) is 20.0 Å². The second-order valence-electron chi connectivity index (χ2n) is 10.2. The molecule has 42 heavy (non-hydrogen) atoms. The largest absolute Gasteiger partial charge is 0.476 e. The van der Waals surface area contributed by atoms with E-state index in [0.29, 0.717) is 32.8 Å². The fourth-order valence-corrected chi connectivity index (χ4v) is 5.90. The SMILES string of the molecule is Cc1c(C(=O)O)nn(-c2cccc(F)c2)c1Oc1ccc(NC(=O)C2CCC2)cc1S(=O)(=O)NCCN1CCOCC1. The molecule has 0 unspecified atom stereocenters. The Morgan fingerprint density at radius 3 is 2.60 bits per heavy atom. The van der Waals surface area contributed by atoms with Gasteiger partial charge in [-0.3, -0.25) is 9.69 Å². The molecule has 5 rings (SSSR count). The molecule has 1 saturated carbocycles. The standard InChI is InChI=1S/C28H32FN5O7S/c1-18-25(28(36)37)32-34(22-7-3-6-20(29)16-22)27(18)41-23-9-8-21(31-26(35)19-4-2-5-19)17-24(23)42(38,39)30-10-11-33-12-14-40-15-13-33/h3,6-9,16-17,19,30H,2,4-5,10-15H2,1H3,(H,31,35)(H,36,37). The number of sulfonamides is 1. The van der Waals surface area contributed by atoms with Gasteiger partial charge in [-0.2, -0.15) is 9.78 Å². The molecule has 1 aromatic heterocycles. The normalized spacial score (nSPS) is 16.1. The van der Waals surface area contributed by atoms with Gasteiger partial charge in [-0.05, 0) is 56.2 Å². The van der Waals surface area contributed by atoms with Crippen LogP contribution in [0.25, 0.3) is 5.69 Å². The number of morpholine rings is 1. The van der Waals surface area contributed by atoms with E-state index in [-0.39, 0.29) is 57.5 Å². The summed E-state index contributed by atoms with van der Waals surface area (Å²) in [7, 11) is -4.18. The molecular formula is C28H32FN5O7S. The fourth-order valence-electron chi connectivity index (χ4n) is 4.73. The van der Waals surface area contributed by atoms with Gasteiger partial charge in [0.15, 0.2) is 5.69 Å². The lowest BCUT2D eigenvalue weighted by Gasteiger charge is -2.26. The third-order valence-electron chi connectivity index (χ3n) is 7.33. The van der Waals surface area contributed by atoms with Crippen molar-refractivity contribution in [3.8, 4) is 17.3 Å². The lowest BCUT2D eigenvalue weighted by atomic mass is 9.85. The van der Waals surface area contributed by atoms with Crippen molar-refractivity contribution in [2.75, 3.05) is 44.7 Å². The van der Waals surface area contributed by atoms with E-state index in [1.807, 2.05) is 0 Å². The van der Waals surface area contributed by atoms with Crippen molar-refractivity contribution >= 4 is 27.6 Å². The number of amides is 1. The summed E-state index contributed by atoms with van der Waals surface area (Å²) < 4.78 is 56.4. The summed E-state index contributed by atoms with van der Waals surface area (Å²) >= 11 is 0. The van der Waals surface area contributed by atoms with Gasteiger partial charge in [0.05, 0.1) is 18.9 Å². The minimum Gasteiger partial charge on any atom is -0.476 e. The molecule has 1 amide bonds. The van der Waals surface area contributed by atoms with Crippen LogP contribution in [0.3, 0.4) is 0 Å². The van der Waals surface area contributed by atoms with Gasteiger partial charge in [-0.1, -0.05) is 12.5 Å². The number of carboxylic acids is 1. The minimum atomic E-state index is -4.18. The molecule has 12 nitrogen and oxygen atoms in total. The van der Waals surface area contributed by atoms with Gasteiger partial charge in [-0.15, -0.1) is 0 Å². The van der Waals surface area contributed by atoms with Crippen molar-refractivity contribution in [1.29, 1.82) is 0 Å². The van der Waals surface area contributed by atoms with Gasteiger partial charge in [0.1, 0.15) is 16.5 Å². The van der Waals surface area contributed by atoms with Gasteiger partial charge in [0, 0.05) is 43.3 Å². The fraction of sp³-hybridized carbons (Fsp3) is 0.393. The molecule has 3 aromatic rings. The van der Waals surface area contributed by atoms with E-state index in [9.17, 15) is 27.5 Å². The van der Waals surface area contributed by atoms with Crippen LogP contribution in [0.15, 0.2) is 47.4 Å². The Kier molecular flexibility index (Phi) is 8.87. The summed E-state index contributed by atoms with van der Waals surface area (Å²) in [5.74, 6) is -2.46. The molecule has 2 aromatic carbocycles. The average Bonchev–Trinajstić information content (AvgIpc) is 3.25. The van der Waals surface area contributed by atoms with Crippen LogP contribution >= 0.6 is 0 Å². The number of ether oxygens (including phenoxy) is 2. The predicted octanol–water partition coefficient (Wildman–Crippen LogP) is 3.16. The van der Waals surface area contributed by atoms with E-state index >= 15 is 0 Å². The molecule has 1 saturated heterocycles. The number of hydrogen-bond donors (Lipinski definition) is 3. The van der Waals surface area contributed by atoms with Crippen molar-refractivity contribution in [2.45, 2.75) is 31.1 Å². The maximum absolute atomic E-state index is 14.1. The number of hydrogen-bond acceptors (Lipinski definition) is 8. The lowest BCUT2D eigenvalue weighted by molar-refractivity contribution is -0.122. The second kappa shape index (κ2) is 12.6. The number of nitrogens with one attached hydrogen (secondary N) is 2. The molecule has 0 spiro atoms. The number of halogens is 1. The number of carbonyl (C=O) groups is 2. The molecule has 224 valence electrons. The van der Waals surface area contributed by atoms with Gasteiger partial charge < -0.3 is 19.9 Å². The highest BCUT2D eigenvalue weighted by molar-refractivity contribution is 7.89. The maximum atomic E-state index is 14.1. The zero-order chi connectivity index (χ0) is 29.9. The number of rotatable bonds is 11. The Morgan fingerprint density at radius 1 is 1.17 bits per heavy atom. The van der Waals surface area contributed by atoms with Crippen LogP contribution in [-0.4, -0.2) is 79.5 Å². The number of aromatic nitrogens is 2. The summed E-state index contributed by atoms with van der Waals surface area (Å²) in [6, 6.07) is 9.51. The molecule has 0 atom stereocenters. The molecule has 3 N–H and O–H groups in total. The zero-order valence-corrected chi connectivity index (χ0v) is 23.8. The van der Waals surface area contributed by atoms with Gasteiger partial charge in [0.25, 0.3) is 0 Å². The molecule has 0 bridgehead atoms. The van der Waals surface area contributed by atoms with Crippen LogP contribution in [-0.2, 0) is 19.6 Å². The minimum absolute atomic E-state index is 0.103. The number of carbonyl (C=O) groups excluding carboxylic acids is 1. The highest BCUT2D eigenvalue weighted by Crippen LogP contribution is 2.36. The first-order chi connectivity index (χ1) is 20.1. The second-order valence-corrected chi connectivity index (χ2v) is 11.9. The highest BCUT2D eigenvalue weighted by Gasteiger charge is 2.28. The van der Waals surface area contributed by atoms with Gasteiger partial charge in [-0.25, -0.2) is 22.3 Å². The molecule has 2 heterocycles. The summed E-state index contributed by atoms with van der Waals surface area (Å²) in [6.45, 7) is 4.56. The van der Waals surface area contributed by atoms with E-state index in [1.165, 1.54) is 43.3 Å². The Bertz CT molecular complexity index is 1580. The summed E-state index contributed by atoms with van der Waals surface area (Å²) in [5.41, 5.74) is 0.219. The Hall–Kier alpha value is -3.85. The lowest BCUT2D eigenvalue weighted by Crippen LogP contribution is -2.41. The monoisotopic (exact) mass is 601 g/mol. The molecular weight excluding hydrogens is 569 g/mol. The third-order valence-corrected chi connectivity index (χ3v) is 8.81. The molecule has 1 aliphatic carbocycles. The zero-order valence-electron chi connectivity index (χ0n) is 23.0. The third kappa shape index (κ3) is 6.62. The molecule has 0 radical (unpaired) electrons. The van der Waals surface area contributed by atoms with E-state index in [4.69, 9.17) is 9.47 Å². The van der Waals surface area contributed by atoms with Crippen molar-refractivity contribution in [1.82, 2.24) is 19.4 Å². The highest BCUT2D eigenvalue weighted by atomic mass is 32.2. The summed E-state index contributed by atoms with van der Waals surface area (Å²) in [4.78, 5) is 26.3. The van der Waals surface area contributed by atoms with Gasteiger partial charge in [0.2, 0.25) is 21.8 Å². The first kappa shape index (κ1) is 29.6. The number of anilines is 1. The predicted molar refractivity (Wildman–Crippen MR) is 150 cm³/mol.